The van der Waals surface area contributed by atoms with Crippen LogP contribution in [-0.4, -0.2) is 5.71 Å². The van der Waals surface area contributed by atoms with Gasteiger partial charge in [-0.05, 0) is 54.3 Å². The van der Waals surface area contributed by atoms with E-state index < -0.39 is 0 Å². The molecule has 1 aliphatic heterocycles. The minimum absolute atomic E-state index is 0.457. The van der Waals surface area contributed by atoms with Crippen LogP contribution in [0.4, 0.5) is 0 Å². The quantitative estimate of drug-likeness (QED) is 0.684. The maximum atomic E-state index is 4.68. The predicted molar refractivity (Wildman–Crippen MR) is 93.3 cm³/mol. The first-order valence-corrected chi connectivity index (χ1v) is 8.44. The fraction of sp³-hybridized carbons (Fsp3) is 0.316. The van der Waals surface area contributed by atoms with Crippen molar-refractivity contribution in [2.75, 3.05) is 0 Å². The van der Waals surface area contributed by atoms with Crippen LogP contribution in [0.5, 0.6) is 0 Å². The van der Waals surface area contributed by atoms with Crippen LogP contribution in [0, 0.1) is 13.8 Å². The molecule has 0 bridgehead atoms. The van der Waals surface area contributed by atoms with Gasteiger partial charge in [0.05, 0.1) is 0 Å². The standard InChI is InChI=1S/C19H21NS/c1-4-16-10-17(19-14(3)13(2)12-21-19)18(11-20-16)15-8-6-5-7-9-15/h5-9,11-12,17H,4,10H2,1-3H3. The van der Waals surface area contributed by atoms with Crippen molar-refractivity contribution in [2.24, 2.45) is 4.99 Å². The molecule has 0 aliphatic carbocycles. The summed E-state index contributed by atoms with van der Waals surface area (Å²) >= 11 is 1.90. The van der Waals surface area contributed by atoms with E-state index in [1.165, 1.54) is 32.9 Å². The number of rotatable bonds is 3. The van der Waals surface area contributed by atoms with E-state index in [1.54, 1.807) is 0 Å². The molecule has 1 aliphatic rings. The summed E-state index contributed by atoms with van der Waals surface area (Å²) in [6.45, 7) is 6.66. The molecule has 1 aromatic carbocycles. The van der Waals surface area contributed by atoms with Gasteiger partial charge in [-0.15, -0.1) is 11.3 Å². The van der Waals surface area contributed by atoms with E-state index in [0.717, 1.165) is 12.8 Å². The summed E-state index contributed by atoms with van der Waals surface area (Å²) in [6.07, 6.45) is 4.19. The summed E-state index contributed by atoms with van der Waals surface area (Å²) < 4.78 is 0. The Labute approximate surface area is 131 Å². The largest absolute Gasteiger partial charge is 0.265 e. The Balaban J connectivity index is 2.07. The summed E-state index contributed by atoms with van der Waals surface area (Å²) in [7, 11) is 0. The third-order valence-electron chi connectivity index (χ3n) is 4.36. The van der Waals surface area contributed by atoms with Crippen LogP contribution in [0.25, 0.3) is 5.57 Å². The molecule has 0 amide bonds. The van der Waals surface area contributed by atoms with Gasteiger partial charge in [0.2, 0.25) is 0 Å². The Morgan fingerprint density at radius 3 is 2.57 bits per heavy atom. The van der Waals surface area contributed by atoms with Gasteiger partial charge in [0.1, 0.15) is 0 Å². The van der Waals surface area contributed by atoms with Crippen LogP contribution in [0.1, 0.15) is 47.3 Å². The minimum Gasteiger partial charge on any atom is -0.265 e. The van der Waals surface area contributed by atoms with E-state index in [9.17, 15) is 0 Å². The molecule has 21 heavy (non-hydrogen) atoms. The monoisotopic (exact) mass is 295 g/mol. The topological polar surface area (TPSA) is 12.4 Å². The van der Waals surface area contributed by atoms with E-state index in [2.05, 4.69) is 67.7 Å². The second-order valence-corrected chi connectivity index (χ2v) is 6.58. The molecular weight excluding hydrogens is 274 g/mol. The van der Waals surface area contributed by atoms with Crippen molar-refractivity contribution in [3.63, 3.8) is 0 Å². The highest BCUT2D eigenvalue weighted by Crippen LogP contribution is 2.42. The van der Waals surface area contributed by atoms with E-state index >= 15 is 0 Å². The van der Waals surface area contributed by atoms with Crippen molar-refractivity contribution in [3.05, 3.63) is 63.5 Å². The van der Waals surface area contributed by atoms with Crippen molar-refractivity contribution >= 4 is 22.6 Å². The van der Waals surface area contributed by atoms with Crippen molar-refractivity contribution in [3.8, 4) is 0 Å². The third kappa shape index (κ3) is 2.73. The molecule has 2 aromatic rings. The van der Waals surface area contributed by atoms with Crippen molar-refractivity contribution in [1.82, 2.24) is 0 Å². The van der Waals surface area contributed by atoms with E-state index in [-0.39, 0.29) is 0 Å². The van der Waals surface area contributed by atoms with Crippen LogP contribution < -0.4 is 0 Å². The number of nitrogens with zero attached hydrogens (tertiary/aromatic N) is 1. The number of benzene rings is 1. The van der Waals surface area contributed by atoms with Gasteiger partial charge in [-0.3, -0.25) is 4.99 Å². The van der Waals surface area contributed by atoms with Gasteiger partial charge in [0, 0.05) is 22.7 Å². The van der Waals surface area contributed by atoms with Gasteiger partial charge < -0.3 is 0 Å². The highest BCUT2D eigenvalue weighted by atomic mass is 32.1. The maximum absolute atomic E-state index is 4.68. The highest BCUT2D eigenvalue weighted by molar-refractivity contribution is 7.10. The molecule has 0 radical (unpaired) electrons. The Morgan fingerprint density at radius 1 is 1.19 bits per heavy atom. The number of allylic oxidation sites excluding steroid dienone is 1. The molecule has 0 spiro atoms. The zero-order valence-electron chi connectivity index (χ0n) is 12.9. The van der Waals surface area contributed by atoms with Gasteiger partial charge in [-0.2, -0.15) is 0 Å². The molecule has 1 atom stereocenters. The second-order valence-electron chi connectivity index (χ2n) is 5.66. The molecule has 0 saturated heterocycles. The Hall–Kier alpha value is -1.67. The second kappa shape index (κ2) is 5.98. The lowest BCUT2D eigenvalue weighted by molar-refractivity contribution is 0.888. The third-order valence-corrected chi connectivity index (χ3v) is 5.67. The van der Waals surface area contributed by atoms with Crippen LogP contribution in [0.15, 0.2) is 46.9 Å². The van der Waals surface area contributed by atoms with Crippen LogP contribution in [0.3, 0.4) is 0 Å². The number of aliphatic imine (C=N–C) groups is 1. The van der Waals surface area contributed by atoms with Crippen LogP contribution in [-0.2, 0) is 0 Å². The molecule has 3 rings (SSSR count). The van der Waals surface area contributed by atoms with E-state index in [4.69, 9.17) is 0 Å². The van der Waals surface area contributed by atoms with Gasteiger partial charge in [0.15, 0.2) is 0 Å². The normalized spacial score (nSPS) is 18.3. The summed E-state index contributed by atoms with van der Waals surface area (Å²) in [4.78, 5) is 6.18. The van der Waals surface area contributed by atoms with E-state index in [1.807, 2.05) is 11.3 Å². The van der Waals surface area contributed by atoms with Crippen molar-refractivity contribution in [1.29, 1.82) is 0 Å². The lowest BCUT2D eigenvalue weighted by atomic mass is 9.84. The molecule has 1 unspecified atom stereocenters. The number of hydrogen-bond acceptors (Lipinski definition) is 2. The SMILES string of the molecule is CCC1=NC=C(c2ccccc2)C(c2scc(C)c2C)C1. The Bertz CT molecular complexity index is 692. The number of hydrogen-bond donors (Lipinski definition) is 0. The average Bonchev–Trinajstić information content (AvgIpc) is 2.87. The fourth-order valence-electron chi connectivity index (χ4n) is 2.89. The number of thiophene rings is 1. The first-order valence-electron chi connectivity index (χ1n) is 7.56. The molecule has 0 fully saturated rings. The summed E-state index contributed by atoms with van der Waals surface area (Å²) in [5.41, 5.74) is 6.82. The smallest absolute Gasteiger partial charge is 0.0311 e. The first-order chi connectivity index (χ1) is 10.2. The van der Waals surface area contributed by atoms with Crippen LogP contribution in [0.2, 0.25) is 0 Å². The van der Waals surface area contributed by atoms with Gasteiger partial charge in [-0.1, -0.05) is 37.3 Å². The van der Waals surface area contributed by atoms with Gasteiger partial charge >= 0.3 is 0 Å². The molecule has 1 nitrogen and oxygen atoms in total. The van der Waals surface area contributed by atoms with Crippen molar-refractivity contribution < 1.29 is 0 Å². The number of aryl methyl sites for hydroxylation is 1. The Kier molecular flexibility index (Phi) is 4.07. The summed E-state index contributed by atoms with van der Waals surface area (Å²) in [6, 6.07) is 10.7. The molecule has 2 heterocycles. The molecule has 1 aromatic heterocycles. The average molecular weight is 295 g/mol. The predicted octanol–water partition coefficient (Wildman–Crippen LogP) is 5.74. The Morgan fingerprint density at radius 2 is 1.95 bits per heavy atom. The van der Waals surface area contributed by atoms with Gasteiger partial charge in [0.25, 0.3) is 0 Å². The highest BCUT2D eigenvalue weighted by Gasteiger charge is 2.25. The first kappa shape index (κ1) is 14.3. The van der Waals surface area contributed by atoms with Crippen LogP contribution >= 0.6 is 11.3 Å². The zero-order chi connectivity index (χ0) is 14.8. The lowest BCUT2D eigenvalue weighted by Crippen LogP contribution is -2.12. The minimum atomic E-state index is 0.457. The summed E-state index contributed by atoms with van der Waals surface area (Å²) in [5.74, 6) is 0.457. The van der Waals surface area contributed by atoms with Crippen molar-refractivity contribution in [2.45, 2.75) is 39.5 Å². The zero-order valence-corrected chi connectivity index (χ0v) is 13.7. The summed E-state index contributed by atoms with van der Waals surface area (Å²) in [5, 5.41) is 2.28. The maximum Gasteiger partial charge on any atom is 0.0311 e. The molecule has 108 valence electrons. The van der Waals surface area contributed by atoms with Gasteiger partial charge in [-0.25, -0.2) is 0 Å². The molecule has 0 saturated carbocycles. The molecular formula is C19H21NS. The van der Waals surface area contributed by atoms with E-state index in [0.29, 0.717) is 5.92 Å². The molecule has 0 N–H and O–H groups in total. The fourth-order valence-corrected chi connectivity index (χ4v) is 4.08. The molecule has 2 heteroatoms. The lowest BCUT2D eigenvalue weighted by Gasteiger charge is -2.24.